The zero-order valence-corrected chi connectivity index (χ0v) is 17.5. The van der Waals surface area contributed by atoms with Gasteiger partial charge in [0.2, 0.25) is 0 Å². The number of rotatable bonds is 8. The molecule has 0 aliphatic carbocycles. The van der Waals surface area contributed by atoms with Crippen LogP contribution in [0.5, 0.6) is 0 Å². The van der Waals surface area contributed by atoms with Crippen LogP contribution >= 0.6 is 0 Å². The lowest BCUT2D eigenvalue weighted by molar-refractivity contribution is 0.0701. The number of aromatic nitrogens is 2. The molecule has 2 N–H and O–H groups in total. The Balaban J connectivity index is 1.58. The molecule has 0 radical (unpaired) electrons. The molecule has 2 heterocycles. The van der Waals surface area contributed by atoms with E-state index in [1.165, 1.54) is 24.4 Å². The van der Waals surface area contributed by atoms with Gasteiger partial charge in [-0.1, -0.05) is 48.6 Å². The van der Waals surface area contributed by atoms with E-state index in [4.69, 9.17) is 9.94 Å². The Morgan fingerprint density at radius 1 is 1.12 bits per heavy atom. The quantitative estimate of drug-likeness (QED) is 0.232. The summed E-state index contributed by atoms with van der Waals surface area (Å²) in [5.41, 5.74) is 4.37. The topological polar surface area (TPSA) is 76.4 Å². The van der Waals surface area contributed by atoms with Gasteiger partial charge in [-0.2, -0.15) is 0 Å². The third kappa shape index (κ3) is 5.31. The van der Waals surface area contributed by atoms with Crippen molar-refractivity contribution in [3.8, 4) is 0 Å². The van der Waals surface area contributed by atoms with Gasteiger partial charge < -0.3 is 9.30 Å². The van der Waals surface area contributed by atoms with Crippen LogP contribution in [0.25, 0.3) is 17.0 Å². The number of pyridine rings is 1. The van der Waals surface area contributed by atoms with Gasteiger partial charge in [0.25, 0.3) is 5.91 Å². The minimum absolute atomic E-state index is 0.0286. The average Bonchev–Trinajstić information content (AvgIpc) is 3.17. The lowest BCUT2D eigenvalue weighted by Crippen LogP contribution is -2.19. The average molecular weight is 449 g/mol. The zero-order valence-electron chi connectivity index (χ0n) is 17.5. The highest BCUT2D eigenvalue weighted by Gasteiger charge is 2.15. The van der Waals surface area contributed by atoms with Gasteiger partial charge in [-0.05, 0) is 17.7 Å². The summed E-state index contributed by atoms with van der Waals surface area (Å²) in [4.78, 5) is 15.9. The fourth-order valence-electron chi connectivity index (χ4n) is 3.51. The van der Waals surface area contributed by atoms with Crippen LogP contribution in [0.3, 0.4) is 0 Å². The summed E-state index contributed by atoms with van der Waals surface area (Å²) in [6.45, 7) is 0.742. The lowest BCUT2D eigenvalue weighted by Gasteiger charge is -2.07. The molecule has 2 aromatic carbocycles. The maximum absolute atomic E-state index is 14.2. The molecule has 6 nitrogen and oxygen atoms in total. The predicted molar refractivity (Wildman–Crippen MR) is 120 cm³/mol. The summed E-state index contributed by atoms with van der Waals surface area (Å²) in [5.74, 6) is -2.04. The van der Waals surface area contributed by atoms with Crippen LogP contribution in [0.2, 0.25) is 0 Å². The van der Waals surface area contributed by atoms with Gasteiger partial charge in [0.15, 0.2) is 0 Å². The number of carbonyl (C=O) groups is 1. The van der Waals surface area contributed by atoms with E-state index < -0.39 is 17.5 Å². The molecule has 1 amide bonds. The van der Waals surface area contributed by atoms with Crippen LogP contribution in [0.4, 0.5) is 8.78 Å². The van der Waals surface area contributed by atoms with Crippen LogP contribution in [0.15, 0.2) is 73.1 Å². The fourth-order valence-corrected chi connectivity index (χ4v) is 3.51. The largest absolute Gasteiger partial charge is 0.373 e. The maximum atomic E-state index is 14.2. The monoisotopic (exact) mass is 449 g/mol. The van der Waals surface area contributed by atoms with E-state index in [1.54, 1.807) is 16.2 Å². The number of carbonyl (C=O) groups excluding carboxylic acids is 1. The van der Waals surface area contributed by atoms with E-state index in [0.29, 0.717) is 23.1 Å². The molecule has 168 valence electrons. The van der Waals surface area contributed by atoms with Gasteiger partial charge in [-0.25, -0.2) is 19.2 Å². The third-order valence-corrected chi connectivity index (χ3v) is 5.12. The number of benzene rings is 2. The molecular weight excluding hydrogens is 428 g/mol. The van der Waals surface area contributed by atoms with E-state index in [2.05, 4.69) is 4.98 Å². The Morgan fingerprint density at radius 3 is 2.70 bits per heavy atom. The van der Waals surface area contributed by atoms with Crippen LogP contribution < -0.4 is 5.48 Å². The molecule has 4 rings (SSSR count). The molecule has 0 aliphatic rings. The minimum Gasteiger partial charge on any atom is -0.373 e. The number of nitrogens with zero attached hydrogens (tertiary/aromatic N) is 2. The van der Waals surface area contributed by atoms with Gasteiger partial charge in [0.1, 0.15) is 17.3 Å². The molecule has 0 saturated carbocycles. The van der Waals surface area contributed by atoms with Crippen LogP contribution in [0, 0.1) is 11.6 Å². The first-order valence-corrected chi connectivity index (χ1v) is 10.2. The van der Waals surface area contributed by atoms with Gasteiger partial charge in [-0.3, -0.25) is 10.0 Å². The van der Waals surface area contributed by atoms with Crippen molar-refractivity contribution in [3.63, 3.8) is 0 Å². The summed E-state index contributed by atoms with van der Waals surface area (Å²) in [6.07, 6.45) is 7.11. The van der Waals surface area contributed by atoms with E-state index in [1.807, 2.05) is 42.5 Å². The Kier molecular flexibility index (Phi) is 6.87. The standard InChI is InChI=1S/C25H21F2N3O3/c26-20-9-8-18(22(27)11-20)14-30-15-19(16-33-10-4-7-17-5-2-1-3-6-17)21-12-23(25(31)29-32)28-13-24(21)30/h1-9,11-13,15,32H,10,14,16H2,(H,29,31)/b7-4+. The number of hydrogen-bond acceptors (Lipinski definition) is 4. The van der Waals surface area contributed by atoms with Gasteiger partial charge in [0.05, 0.1) is 31.5 Å². The maximum Gasteiger partial charge on any atom is 0.293 e. The number of hydroxylamine groups is 1. The highest BCUT2D eigenvalue weighted by Crippen LogP contribution is 2.24. The summed E-state index contributed by atoms with van der Waals surface area (Å²) in [7, 11) is 0. The Bertz CT molecular complexity index is 1300. The lowest BCUT2D eigenvalue weighted by atomic mass is 10.2. The second kappa shape index (κ2) is 10.2. The normalized spacial score (nSPS) is 11.4. The second-order valence-electron chi connectivity index (χ2n) is 7.37. The molecule has 33 heavy (non-hydrogen) atoms. The molecule has 0 unspecified atom stereocenters. The van der Waals surface area contributed by atoms with Crippen molar-refractivity contribution in [1.29, 1.82) is 0 Å². The van der Waals surface area contributed by atoms with E-state index in [0.717, 1.165) is 17.2 Å². The molecule has 2 aromatic heterocycles. The smallest absolute Gasteiger partial charge is 0.293 e. The molecule has 0 bridgehead atoms. The fraction of sp³-hybridized carbons (Fsp3) is 0.120. The molecule has 0 atom stereocenters. The zero-order chi connectivity index (χ0) is 23.2. The van der Waals surface area contributed by atoms with Gasteiger partial charge in [0, 0.05) is 28.8 Å². The third-order valence-electron chi connectivity index (χ3n) is 5.12. The van der Waals surface area contributed by atoms with Gasteiger partial charge >= 0.3 is 0 Å². The molecule has 4 aromatic rings. The number of hydrogen-bond donors (Lipinski definition) is 2. The Labute approximate surface area is 188 Å². The first-order chi connectivity index (χ1) is 16.0. The summed E-state index contributed by atoms with van der Waals surface area (Å²) < 4.78 is 35.0. The second-order valence-corrected chi connectivity index (χ2v) is 7.37. The van der Waals surface area contributed by atoms with E-state index in [9.17, 15) is 13.6 Å². The summed E-state index contributed by atoms with van der Waals surface area (Å²) in [5, 5.41) is 9.61. The van der Waals surface area contributed by atoms with Crippen LogP contribution in [-0.2, 0) is 17.9 Å². The van der Waals surface area contributed by atoms with Crippen molar-refractivity contribution < 1.29 is 23.5 Å². The highest BCUT2D eigenvalue weighted by atomic mass is 19.1. The highest BCUT2D eigenvalue weighted by molar-refractivity contribution is 5.96. The number of ether oxygens (including phenoxy) is 1. The molecular formula is C25H21F2N3O3. The van der Waals surface area contributed by atoms with Crippen LogP contribution in [-0.4, -0.2) is 27.3 Å². The molecule has 0 saturated heterocycles. The summed E-state index contributed by atoms with van der Waals surface area (Å²) in [6, 6.07) is 14.8. The number of nitrogens with one attached hydrogen (secondary N) is 1. The minimum atomic E-state index is -0.744. The predicted octanol–water partition coefficient (Wildman–Crippen LogP) is 4.71. The van der Waals surface area contributed by atoms with E-state index >= 15 is 0 Å². The molecule has 8 heteroatoms. The Hall–Kier alpha value is -3.88. The number of amides is 1. The summed E-state index contributed by atoms with van der Waals surface area (Å²) >= 11 is 0. The first-order valence-electron chi connectivity index (χ1n) is 10.2. The first kappa shape index (κ1) is 22.3. The number of fused-ring (bicyclic) bond motifs is 1. The van der Waals surface area contributed by atoms with Crippen molar-refractivity contribution in [3.05, 3.63) is 107 Å². The van der Waals surface area contributed by atoms with E-state index in [-0.39, 0.29) is 18.8 Å². The molecule has 0 aliphatic heterocycles. The van der Waals surface area contributed by atoms with Crippen molar-refractivity contribution in [2.75, 3.05) is 6.61 Å². The van der Waals surface area contributed by atoms with Crippen molar-refractivity contribution in [2.24, 2.45) is 0 Å². The SMILES string of the molecule is O=C(NO)c1cc2c(COC/C=C/c3ccccc3)cn(Cc3ccc(F)cc3F)c2cn1. The molecule has 0 spiro atoms. The van der Waals surface area contributed by atoms with Crippen molar-refractivity contribution in [2.45, 2.75) is 13.2 Å². The number of halogens is 2. The Morgan fingerprint density at radius 2 is 1.94 bits per heavy atom. The van der Waals surface area contributed by atoms with Crippen molar-refractivity contribution >= 4 is 22.9 Å². The van der Waals surface area contributed by atoms with Crippen LogP contribution in [0.1, 0.15) is 27.2 Å². The van der Waals surface area contributed by atoms with Gasteiger partial charge in [-0.15, -0.1) is 0 Å². The molecule has 0 fully saturated rings. The van der Waals surface area contributed by atoms with Crippen molar-refractivity contribution in [1.82, 2.24) is 15.0 Å².